The van der Waals surface area contributed by atoms with E-state index in [1.54, 1.807) is 0 Å². The van der Waals surface area contributed by atoms with E-state index in [0.29, 0.717) is 5.82 Å². The predicted octanol–water partition coefficient (Wildman–Crippen LogP) is 3.60. The molecule has 1 heterocycles. The van der Waals surface area contributed by atoms with Crippen LogP contribution in [0.2, 0.25) is 0 Å². The van der Waals surface area contributed by atoms with Gasteiger partial charge in [0.1, 0.15) is 3.57 Å². The number of nitrogens with two attached hydrogens (primary N) is 1. The van der Waals surface area contributed by atoms with Crippen molar-refractivity contribution in [1.82, 2.24) is 5.16 Å². The first-order valence-electron chi connectivity index (χ1n) is 4.27. The first-order chi connectivity index (χ1) is 7.11. The first-order valence-corrected chi connectivity index (χ1v) is 6.14. The van der Waals surface area contributed by atoms with Crippen LogP contribution in [0.3, 0.4) is 0 Å². The molecule has 78 valence electrons. The second-order valence-corrected chi connectivity index (χ2v) is 5.06. The molecule has 0 aliphatic heterocycles. The van der Waals surface area contributed by atoms with Gasteiger partial charge >= 0.3 is 0 Å². The Morgan fingerprint density at radius 2 is 2.20 bits per heavy atom. The molecule has 0 amide bonds. The van der Waals surface area contributed by atoms with Crippen molar-refractivity contribution in [2.75, 3.05) is 5.73 Å². The summed E-state index contributed by atoms with van der Waals surface area (Å²) in [4.78, 5) is 0. The lowest BCUT2D eigenvalue weighted by Gasteiger charge is -2.03. The van der Waals surface area contributed by atoms with Crippen LogP contribution in [0.4, 0.5) is 5.82 Å². The highest BCUT2D eigenvalue weighted by atomic mass is 127. The molecule has 0 aliphatic rings. The third-order valence-electron chi connectivity index (χ3n) is 2.17. The molecule has 0 atom stereocenters. The van der Waals surface area contributed by atoms with E-state index in [1.165, 1.54) is 0 Å². The summed E-state index contributed by atoms with van der Waals surface area (Å²) in [6, 6.07) is 5.94. The number of nitrogen functional groups attached to an aromatic ring is 1. The molecule has 2 rings (SSSR count). The van der Waals surface area contributed by atoms with Crippen molar-refractivity contribution in [3.8, 4) is 11.3 Å². The van der Waals surface area contributed by atoms with Crippen molar-refractivity contribution in [3.05, 3.63) is 31.8 Å². The molecule has 0 bridgehead atoms. The van der Waals surface area contributed by atoms with Gasteiger partial charge in [-0.25, -0.2) is 0 Å². The Hall–Kier alpha value is -0.560. The molecule has 0 fully saturated rings. The fraction of sp³-hybridized carbons (Fsp3) is 0.100. The van der Waals surface area contributed by atoms with Gasteiger partial charge in [-0.1, -0.05) is 33.2 Å². The van der Waals surface area contributed by atoms with Crippen molar-refractivity contribution >= 4 is 44.3 Å². The molecular weight excluding hydrogens is 371 g/mol. The Balaban J connectivity index is 2.64. The van der Waals surface area contributed by atoms with Gasteiger partial charge in [0.2, 0.25) is 0 Å². The maximum atomic E-state index is 5.64. The van der Waals surface area contributed by atoms with Crippen molar-refractivity contribution in [2.24, 2.45) is 0 Å². The smallest absolute Gasteiger partial charge is 0.182 e. The van der Waals surface area contributed by atoms with Gasteiger partial charge in [-0.05, 0) is 41.1 Å². The summed E-state index contributed by atoms with van der Waals surface area (Å²) in [5.74, 6) is 1.16. The lowest BCUT2D eigenvalue weighted by Crippen LogP contribution is -1.88. The molecule has 0 saturated heterocycles. The summed E-state index contributed by atoms with van der Waals surface area (Å²) < 4.78 is 7.12. The summed E-state index contributed by atoms with van der Waals surface area (Å²) in [5, 5.41) is 3.74. The second kappa shape index (κ2) is 4.13. The van der Waals surface area contributed by atoms with Gasteiger partial charge in [0, 0.05) is 10.0 Å². The molecule has 0 unspecified atom stereocenters. The zero-order valence-corrected chi connectivity index (χ0v) is 11.7. The monoisotopic (exact) mass is 378 g/mol. The Kier molecular flexibility index (Phi) is 3.01. The minimum Gasteiger partial charge on any atom is -0.380 e. The molecule has 3 nitrogen and oxygen atoms in total. The van der Waals surface area contributed by atoms with Gasteiger partial charge in [0.05, 0.1) is 0 Å². The van der Waals surface area contributed by atoms with Gasteiger partial charge in [0.25, 0.3) is 0 Å². The number of halogens is 2. The highest BCUT2D eigenvalue weighted by Gasteiger charge is 2.15. The summed E-state index contributed by atoms with van der Waals surface area (Å²) in [5.41, 5.74) is 7.77. The van der Waals surface area contributed by atoms with Crippen LogP contribution >= 0.6 is 38.5 Å². The van der Waals surface area contributed by atoms with Gasteiger partial charge in [0.15, 0.2) is 11.6 Å². The van der Waals surface area contributed by atoms with E-state index in [0.717, 1.165) is 24.9 Å². The Bertz CT molecular complexity index is 510. The molecule has 0 saturated carbocycles. The van der Waals surface area contributed by atoms with Gasteiger partial charge in [-0.3, -0.25) is 0 Å². The van der Waals surface area contributed by atoms with Crippen LogP contribution in [-0.4, -0.2) is 5.16 Å². The van der Waals surface area contributed by atoms with Crippen LogP contribution in [0.5, 0.6) is 0 Å². The number of rotatable bonds is 1. The topological polar surface area (TPSA) is 52.0 Å². The molecule has 1 aromatic carbocycles. The van der Waals surface area contributed by atoms with E-state index < -0.39 is 0 Å². The van der Waals surface area contributed by atoms with Crippen LogP contribution in [0.15, 0.2) is 27.2 Å². The molecule has 2 N–H and O–H groups in total. The Morgan fingerprint density at radius 1 is 1.47 bits per heavy atom. The summed E-state index contributed by atoms with van der Waals surface area (Å²) in [6.45, 7) is 2.02. The van der Waals surface area contributed by atoms with E-state index in [4.69, 9.17) is 10.3 Å². The second-order valence-electron chi connectivity index (χ2n) is 3.12. The zero-order valence-electron chi connectivity index (χ0n) is 7.92. The number of benzene rings is 1. The number of nitrogens with zero attached hydrogens (tertiary/aromatic N) is 1. The van der Waals surface area contributed by atoms with Crippen molar-refractivity contribution in [2.45, 2.75) is 6.92 Å². The number of hydrogen-bond acceptors (Lipinski definition) is 3. The third kappa shape index (κ3) is 1.90. The van der Waals surface area contributed by atoms with Gasteiger partial charge in [-0.15, -0.1) is 0 Å². The fourth-order valence-corrected chi connectivity index (χ4v) is 2.17. The number of anilines is 1. The lowest BCUT2D eigenvalue weighted by atomic mass is 10.1. The van der Waals surface area contributed by atoms with Crippen LogP contribution in [0, 0.1) is 10.5 Å². The Labute approximate surface area is 109 Å². The molecule has 15 heavy (non-hydrogen) atoms. The number of aromatic nitrogens is 1. The SMILES string of the molecule is Cc1c(Br)cccc1-c1onc(N)c1I. The standard InChI is InChI=1S/C10H8BrIN2O/c1-5-6(3-2-4-7(5)11)9-8(12)10(13)14-15-9/h2-4H,1H3,(H2,13,14). The minimum absolute atomic E-state index is 0.435. The van der Waals surface area contributed by atoms with Gasteiger partial charge < -0.3 is 10.3 Å². The predicted molar refractivity (Wildman–Crippen MR) is 71.5 cm³/mol. The lowest BCUT2D eigenvalue weighted by molar-refractivity contribution is 0.435. The summed E-state index contributed by atoms with van der Waals surface area (Å²) >= 11 is 5.61. The van der Waals surface area contributed by atoms with Crippen LogP contribution < -0.4 is 5.73 Å². The molecule has 0 radical (unpaired) electrons. The maximum Gasteiger partial charge on any atom is 0.182 e. The van der Waals surface area contributed by atoms with E-state index in [1.807, 2.05) is 25.1 Å². The fourth-order valence-electron chi connectivity index (χ4n) is 1.31. The molecule has 0 aliphatic carbocycles. The minimum atomic E-state index is 0.435. The molecule has 0 spiro atoms. The van der Waals surface area contributed by atoms with Crippen LogP contribution in [-0.2, 0) is 0 Å². The van der Waals surface area contributed by atoms with Crippen molar-refractivity contribution in [1.29, 1.82) is 0 Å². The molecule has 1 aromatic heterocycles. The summed E-state index contributed by atoms with van der Waals surface area (Å²) in [6.07, 6.45) is 0. The number of hydrogen-bond donors (Lipinski definition) is 1. The molecular formula is C10H8BrIN2O. The highest BCUT2D eigenvalue weighted by molar-refractivity contribution is 14.1. The molecule has 2 aromatic rings. The maximum absolute atomic E-state index is 5.64. The quantitative estimate of drug-likeness (QED) is 0.771. The van der Waals surface area contributed by atoms with Crippen molar-refractivity contribution in [3.63, 3.8) is 0 Å². The van der Waals surface area contributed by atoms with E-state index >= 15 is 0 Å². The Morgan fingerprint density at radius 3 is 2.80 bits per heavy atom. The largest absolute Gasteiger partial charge is 0.380 e. The average Bonchev–Trinajstić information content (AvgIpc) is 2.53. The third-order valence-corrected chi connectivity index (χ3v) is 4.07. The highest BCUT2D eigenvalue weighted by Crippen LogP contribution is 2.33. The zero-order chi connectivity index (χ0) is 11.0. The first kappa shape index (κ1) is 10.9. The van der Waals surface area contributed by atoms with E-state index in [9.17, 15) is 0 Å². The van der Waals surface area contributed by atoms with Crippen LogP contribution in [0.1, 0.15) is 5.56 Å². The van der Waals surface area contributed by atoms with Crippen molar-refractivity contribution < 1.29 is 4.52 Å². The van der Waals surface area contributed by atoms with Gasteiger partial charge in [-0.2, -0.15) is 0 Å². The van der Waals surface area contributed by atoms with Crippen LogP contribution in [0.25, 0.3) is 11.3 Å². The van der Waals surface area contributed by atoms with E-state index in [-0.39, 0.29) is 0 Å². The summed E-state index contributed by atoms with van der Waals surface area (Å²) in [7, 11) is 0. The average molecular weight is 379 g/mol. The molecule has 5 heteroatoms. The normalized spacial score (nSPS) is 10.6. The van der Waals surface area contributed by atoms with E-state index in [2.05, 4.69) is 43.7 Å².